The minimum absolute atomic E-state index is 0.123. The third-order valence-electron chi connectivity index (χ3n) is 2.77. The Hall–Kier alpha value is -0.950. The number of nitrogens with zero attached hydrogens (tertiary/aromatic N) is 4. The lowest BCUT2D eigenvalue weighted by atomic mass is 10.4. The van der Waals surface area contributed by atoms with Crippen molar-refractivity contribution in [2.75, 3.05) is 0 Å². The molecule has 1 aliphatic rings. The second kappa shape index (κ2) is 4.97. The van der Waals surface area contributed by atoms with Crippen LogP contribution in [0, 0.1) is 0 Å². The van der Waals surface area contributed by atoms with Gasteiger partial charge in [-0.15, -0.1) is 10.2 Å². The van der Waals surface area contributed by atoms with Crippen LogP contribution in [0.3, 0.4) is 0 Å². The fourth-order valence-electron chi connectivity index (χ4n) is 1.54. The Kier molecular flexibility index (Phi) is 3.34. The first-order valence-electron chi connectivity index (χ1n) is 6.08. The molecule has 0 radical (unpaired) electrons. The van der Waals surface area contributed by atoms with Crippen LogP contribution < -0.4 is 0 Å². The van der Waals surface area contributed by atoms with Crippen molar-refractivity contribution in [2.24, 2.45) is 0 Å². The maximum Gasteiger partial charge on any atom is 0.239 e. The summed E-state index contributed by atoms with van der Waals surface area (Å²) in [7, 11) is 0. The van der Waals surface area contributed by atoms with Gasteiger partial charge in [-0.3, -0.25) is 0 Å². The summed E-state index contributed by atoms with van der Waals surface area (Å²) < 4.78 is 6.22. The molecule has 0 aliphatic heterocycles. The molecule has 2 aromatic heterocycles. The zero-order chi connectivity index (χ0) is 12.5. The maximum absolute atomic E-state index is 5.23. The van der Waals surface area contributed by atoms with Crippen molar-refractivity contribution in [2.45, 2.75) is 48.6 Å². The summed E-state index contributed by atoms with van der Waals surface area (Å²) in [5.41, 5.74) is 0. The van der Waals surface area contributed by atoms with E-state index in [0.717, 1.165) is 16.6 Å². The molecule has 3 rings (SSSR count). The average Bonchev–Trinajstić information content (AvgIpc) is 2.93. The van der Waals surface area contributed by atoms with Crippen molar-refractivity contribution in [3.8, 4) is 0 Å². The highest BCUT2D eigenvalue weighted by molar-refractivity contribution is 8.01. The predicted octanol–water partition coefficient (Wildman–Crippen LogP) is 3.21. The summed E-state index contributed by atoms with van der Waals surface area (Å²) in [5, 5.41) is 13.6. The number of aromatic nitrogens is 4. The molecule has 96 valence electrons. The molecule has 5 nitrogen and oxygen atoms in total. The van der Waals surface area contributed by atoms with Gasteiger partial charge < -0.3 is 4.52 Å². The van der Waals surface area contributed by atoms with Crippen molar-refractivity contribution in [3.63, 3.8) is 0 Å². The van der Waals surface area contributed by atoms with Gasteiger partial charge >= 0.3 is 0 Å². The molecule has 0 N–H and O–H groups in total. The van der Waals surface area contributed by atoms with Crippen molar-refractivity contribution in [1.29, 1.82) is 0 Å². The number of hydrogen-bond donors (Lipinski definition) is 0. The number of thioether (sulfide) groups is 1. The zero-order valence-corrected chi connectivity index (χ0v) is 11.9. The Balaban J connectivity index is 1.66. The highest BCUT2D eigenvalue weighted by atomic mass is 32.2. The molecule has 1 atom stereocenters. The van der Waals surface area contributed by atoms with Crippen molar-refractivity contribution >= 4 is 23.1 Å². The largest absolute Gasteiger partial charge is 0.338 e. The second-order valence-electron chi connectivity index (χ2n) is 4.34. The van der Waals surface area contributed by atoms with Crippen LogP contribution in [0.15, 0.2) is 8.86 Å². The van der Waals surface area contributed by atoms with Gasteiger partial charge in [-0.05, 0) is 19.8 Å². The number of rotatable bonds is 5. The average molecular weight is 282 g/mol. The van der Waals surface area contributed by atoms with E-state index in [0.29, 0.717) is 11.8 Å². The van der Waals surface area contributed by atoms with Gasteiger partial charge in [-0.2, -0.15) is 4.98 Å². The fourth-order valence-corrected chi connectivity index (χ4v) is 3.75. The molecule has 0 saturated heterocycles. The summed E-state index contributed by atoms with van der Waals surface area (Å²) in [4.78, 5) is 4.34. The molecule has 1 saturated carbocycles. The van der Waals surface area contributed by atoms with Crippen LogP contribution in [0.25, 0.3) is 0 Å². The van der Waals surface area contributed by atoms with Crippen molar-refractivity contribution < 1.29 is 4.52 Å². The lowest BCUT2D eigenvalue weighted by molar-refractivity contribution is 0.375. The van der Waals surface area contributed by atoms with Crippen molar-refractivity contribution in [1.82, 2.24) is 20.3 Å². The van der Waals surface area contributed by atoms with E-state index >= 15 is 0 Å². The molecule has 18 heavy (non-hydrogen) atoms. The molecule has 7 heteroatoms. The molecule has 2 heterocycles. The van der Waals surface area contributed by atoms with E-state index in [2.05, 4.69) is 27.3 Å². The predicted molar refractivity (Wildman–Crippen MR) is 69.8 cm³/mol. The molecule has 2 aromatic rings. The van der Waals surface area contributed by atoms with Crippen LogP contribution >= 0.6 is 23.1 Å². The van der Waals surface area contributed by atoms with Crippen LogP contribution in [0.2, 0.25) is 0 Å². The quantitative estimate of drug-likeness (QED) is 0.785. The first-order chi connectivity index (χ1) is 8.76. The standard InChI is InChI=1S/C11H14N4OS2/c1-3-8-12-9(16-15-8)6(2)17-11-14-13-10(18-11)7-4-5-7/h6-7H,3-5H2,1-2H3/t6-/m0/s1. The molecule has 1 fully saturated rings. The van der Waals surface area contributed by atoms with E-state index in [-0.39, 0.29) is 5.25 Å². The summed E-state index contributed by atoms with van der Waals surface area (Å²) in [6.45, 7) is 4.06. The minimum Gasteiger partial charge on any atom is -0.338 e. The van der Waals surface area contributed by atoms with E-state index in [1.54, 1.807) is 23.1 Å². The molecular weight excluding hydrogens is 268 g/mol. The smallest absolute Gasteiger partial charge is 0.239 e. The Morgan fingerprint density at radius 2 is 2.28 bits per heavy atom. The Bertz CT molecular complexity index is 535. The third-order valence-corrected chi connectivity index (χ3v) is 5.03. The number of aryl methyl sites for hydroxylation is 1. The van der Waals surface area contributed by atoms with E-state index in [4.69, 9.17) is 4.52 Å². The first-order valence-corrected chi connectivity index (χ1v) is 7.78. The molecule has 0 bridgehead atoms. The fraction of sp³-hybridized carbons (Fsp3) is 0.636. The van der Waals surface area contributed by atoms with Gasteiger partial charge in [0, 0.05) is 12.3 Å². The van der Waals surface area contributed by atoms with E-state index in [9.17, 15) is 0 Å². The van der Waals surface area contributed by atoms with Gasteiger partial charge in [0.2, 0.25) is 5.89 Å². The highest BCUT2D eigenvalue weighted by Crippen LogP contribution is 2.44. The number of hydrogen-bond acceptors (Lipinski definition) is 7. The maximum atomic E-state index is 5.23. The lowest BCUT2D eigenvalue weighted by Gasteiger charge is -2.01. The summed E-state index contributed by atoms with van der Waals surface area (Å²) in [6, 6.07) is 0. The van der Waals surface area contributed by atoms with Gasteiger partial charge in [0.25, 0.3) is 0 Å². The SMILES string of the molecule is CCc1noc([C@H](C)Sc2nnc(C3CC3)s2)n1. The Morgan fingerprint density at radius 3 is 2.94 bits per heavy atom. The first kappa shape index (κ1) is 12.1. The zero-order valence-electron chi connectivity index (χ0n) is 10.3. The molecule has 0 unspecified atom stereocenters. The molecule has 0 spiro atoms. The third kappa shape index (κ3) is 2.56. The molecule has 0 amide bonds. The van der Waals surface area contributed by atoms with Gasteiger partial charge in [0.05, 0.1) is 5.25 Å². The summed E-state index contributed by atoms with van der Waals surface area (Å²) in [6.07, 6.45) is 3.32. The van der Waals surface area contributed by atoms with Gasteiger partial charge in [0.1, 0.15) is 5.01 Å². The van der Waals surface area contributed by atoms with E-state index in [1.807, 2.05) is 6.92 Å². The monoisotopic (exact) mass is 282 g/mol. The second-order valence-corrected chi connectivity index (χ2v) is 6.94. The normalized spacial score (nSPS) is 17.0. The minimum atomic E-state index is 0.123. The van der Waals surface area contributed by atoms with Crippen LogP contribution in [0.1, 0.15) is 54.6 Å². The Morgan fingerprint density at radius 1 is 1.44 bits per heavy atom. The van der Waals surface area contributed by atoms with Crippen LogP contribution in [0.5, 0.6) is 0 Å². The molecular formula is C11H14N4OS2. The Labute approximate surface area is 113 Å². The van der Waals surface area contributed by atoms with E-state index in [1.165, 1.54) is 17.8 Å². The van der Waals surface area contributed by atoms with E-state index < -0.39 is 0 Å². The topological polar surface area (TPSA) is 64.7 Å². The van der Waals surface area contributed by atoms with Gasteiger partial charge in [0.15, 0.2) is 10.2 Å². The summed E-state index contributed by atoms with van der Waals surface area (Å²) in [5.74, 6) is 2.09. The van der Waals surface area contributed by atoms with Crippen LogP contribution in [-0.2, 0) is 6.42 Å². The van der Waals surface area contributed by atoms with Crippen LogP contribution in [-0.4, -0.2) is 20.3 Å². The van der Waals surface area contributed by atoms with Gasteiger partial charge in [-0.25, -0.2) is 0 Å². The lowest BCUT2D eigenvalue weighted by Crippen LogP contribution is -1.89. The highest BCUT2D eigenvalue weighted by Gasteiger charge is 2.28. The van der Waals surface area contributed by atoms with Crippen molar-refractivity contribution in [3.05, 3.63) is 16.7 Å². The molecule has 0 aromatic carbocycles. The van der Waals surface area contributed by atoms with Gasteiger partial charge in [-0.1, -0.05) is 35.2 Å². The molecule has 1 aliphatic carbocycles. The summed E-state index contributed by atoms with van der Waals surface area (Å²) >= 11 is 3.33. The van der Waals surface area contributed by atoms with Crippen LogP contribution in [0.4, 0.5) is 0 Å².